The summed E-state index contributed by atoms with van der Waals surface area (Å²) in [7, 11) is -3.22. The van der Waals surface area contributed by atoms with Crippen LogP contribution >= 0.6 is 0 Å². The SMILES string of the molecule is CC(C)CS(=O)(=O)N1CCC(Nc2ncc(C#N)c(O[C@H]3CCC[C@@]3(C)O)n2)CC1. The molecule has 1 aliphatic heterocycles. The Labute approximate surface area is 178 Å². The van der Waals surface area contributed by atoms with Crippen molar-refractivity contribution in [1.29, 1.82) is 5.26 Å². The smallest absolute Gasteiger partial charge is 0.236 e. The Bertz CT molecular complexity index is 889. The molecule has 2 fully saturated rings. The van der Waals surface area contributed by atoms with Gasteiger partial charge >= 0.3 is 0 Å². The highest BCUT2D eigenvalue weighted by atomic mass is 32.2. The summed E-state index contributed by atoms with van der Waals surface area (Å²) in [6.07, 6.45) is 4.50. The molecule has 166 valence electrons. The zero-order valence-electron chi connectivity index (χ0n) is 17.8. The summed E-state index contributed by atoms with van der Waals surface area (Å²) in [5, 5.41) is 23.0. The largest absolute Gasteiger partial charge is 0.470 e. The van der Waals surface area contributed by atoms with Crippen molar-refractivity contribution in [3.05, 3.63) is 11.8 Å². The average Bonchev–Trinajstić information content (AvgIpc) is 2.99. The third kappa shape index (κ3) is 5.39. The first-order valence-electron chi connectivity index (χ1n) is 10.5. The number of hydrogen-bond acceptors (Lipinski definition) is 8. The fourth-order valence-electron chi connectivity index (χ4n) is 4.03. The molecule has 1 aromatic heterocycles. The molecule has 2 aliphatic rings. The van der Waals surface area contributed by atoms with Crippen LogP contribution in [0.15, 0.2) is 6.20 Å². The Morgan fingerprint density at radius 2 is 2.10 bits per heavy atom. The zero-order chi connectivity index (χ0) is 21.9. The van der Waals surface area contributed by atoms with Gasteiger partial charge in [0.2, 0.25) is 21.9 Å². The predicted molar refractivity (Wildman–Crippen MR) is 112 cm³/mol. The number of ether oxygens (including phenoxy) is 1. The Hall–Kier alpha value is -1.96. The third-order valence-corrected chi connectivity index (χ3v) is 7.94. The van der Waals surface area contributed by atoms with Gasteiger partial charge in [-0.3, -0.25) is 0 Å². The standard InChI is InChI=1S/C20H31N5O4S/c1-14(2)13-30(27,28)25-9-6-16(7-10-25)23-19-22-12-15(11-21)18(24-19)29-17-5-4-8-20(17,3)26/h12,14,16-17,26H,4-10,13H2,1-3H3,(H,22,23,24)/t17-,20+/m0/s1. The monoisotopic (exact) mass is 437 g/mol. The lowest BCUT2D eigenvalue weighted by molar-refractivity contribution is -0.0271. The van der Waals surface area contributed by atoms with Crippen LogP contribution in [0.25, 0.3) is 0 Å². The molecule has 2 N–H and O–H groups in total. The maximum absolute atomic E-state index is 12.4. The number of piperidine rings is 1. The van der Waals surface area contributed by atoms with Crippen LogP contribution in [0.1, 0.15) is 58.4 Å². The van der Waals surface area contributed by atoms with Crippen LogP contribution in [0.2, 0.25) is 0 Å². The maximum atomic E-state index is 12.4. The highest BCUT2D eigenvalue weighted by molar-refractivity contribution is 7.89. The molecule has 9 nitrogen and oxygen atoms in total. The minimum Gasteiger partial charge on any atom is -0.470 e. The van der Waals surface area contributed by atoms with Gasteiger partial charge in [0.05, 0.1) is 17.6 Å². The molecular formula is C20H31N5O4S. The number of anilines is 1. The van der Waals surface area contributed by atoms with E-state index in [4.69, 9.17) is 4.74 Å². The number of aromatic nitrogens is 2. The van der Waals surface area contributed by atoms with Gasteiger partial charge in [-0.15, -0.1) is 0 Å². The van der Waals surface area contributed by atoms with Gasteiger partial charge in [-0.25, -0.2) is 17.7 Å². The van der Waals surface area contributed by atoms with Gasteiger partial charge in [0.1, 0.15) is 17.7 Å². The molecule has 0 spiro atoms. The summed E-state index contributed by atoms with van der Waals surface area (Å²) in [5.41, 5.74) is -0.725. The van der Waals surface area contributed by atoms with Crippen molar-refractivity contribution in [3.8, 4) is 11.9 Å². The normalized spacial score (nSPS) is 25.9. The van der Waals surface area contributed by atoms with Crippen LogP contribution in [0.4, 0.5) is 5.95 Å². The lowest BCUT2D eigenvalue weighted by Gasteiger charge is -2.32. The molecule has 1 aliphatic carbocycles. The molecule has 2 atom stereocenters. The Morgan fingerprint density at radius 3 is 2.67 bits per heavy atom. The second kappa shape index (κ2) is 9.04. The van der Waals surface area contributed by atoms with Crippen LogP contribution < -0.4 is 10.1 Å². The van der Waals surface area contributed by atoms with Crippen molar-refractivity contribution in [2.75, 3.05) is 24.2 Å². The van der Waals surface area contributed by atoms with Crippen molar-refractivity contribution in [2.45, 2.75) is 70.6 Å². The lowest BCUT2D eigenvalue weighted by Crippen LogP contribution is -2.44. The Morgan fingerprint density at radius 1 is 1.40 bits per heavy atom. The van der Waals surface area contributed by atoms with Gasteiger partial charge in [-0.1, -0.05) is 13.8 Å². The molecule has 1 saturated carbocycles. The second-order valence-electron chi connectivity index (χ2n) is 8.87. The van der Waals surface area contributed by atoms with Gasteiger partial charge in [0, 0.05) is 19.1 Å². The van der Waals surface area contributed by atoms with E-state index in [0.29, 0.717) is 44.7 Å². The number of nitriles is 1. The quantitative estimate of drug-likeness (QED) is 0.662. The molecule has 0 unspecified atom stereocenters. The van der Waals surface area contributed by atoms with Gasteiger partial charge in [-0.05, 0) is 44.9 Å². The summed E-state index contributed by atoms with van der Waals surface area (Å²) in [5.74, 6) is 0.761. The molecule has 1 aromatic rings. The van der Waals surface area contributed by atoms with Gasteiger partial charge in [0.25, 0.3) is 0 Å². The summed E-state index contributed by atoms with van der Waals surface area (Å²) in [4.78, 5) is 8.57. The number of nitrogens with zero attached hydrogens (tertiary/aromatic N) is 4. The minimum atomic E-state index is -3.22. The van der Waals surface area contributed by atoms with Crippen LogP contribution in [-0.4, -0.2) is 64.4 Å². The molecule has 3 rings (SSSR count). The van der Waals surface area contributed by atoms with Crippen molar-refractivity contribution in [1.82, 2.24) is 14.3 Å². The van der Waals surface area contributed by atoms with Gasteiger partial charge in [0.15, 0.2) is 0 Å². The zero-order valence-corrected chi connectivity index (χ0v) is 18.7. The third-order valence-electron chi connectivity index (χ3n) is 5.70. The minimum absolute atomic E-state index is 0.0332. The molecule has 10 heteroatoms. The number of aliphatic hydroxyl groups is 1. The summed E-state index contributed by atoms with van der Waals surface area (Å²) in [6, 6.07) is 2.07. The van der Waals surface area contributed by atoms with Gasteiger partial charge < -0.3 is 15.2 Å². The van der Waals surface area contributed by atoms with Crippen LogP contribution in [0.5, 0.6) is 5.88 Å². The van der Waals surface area contributed by atoms with E-state index in [2.05, 4.69) is 15.3 Å². The highest BCUT2D eigenvalue weighted by Gasteiger charge is 2.39. The lowest BCUT2D eigenvalue weighted by atomic mass is 10.0. The van der Waals surface area contributed by atoms with Crippen LogP contribution in [-0.2, 0) is 10.0 Å². The number of nitrogens with one attached hydrogen (secondary N) is 1. The summed E-state index contributed by atoms with van der Waals surface area (Å²) in [6.45, 7) is 6.45. The molecular weight excluding hydrogens is 406 g/mol. The first-order chi connectivity index (χ1) is 14.1. The molecule has 0 amide bonds. The maximum Gasteiger partial charge on any atom is 0.236 e. The molecule has 2 heterocycles. The van der Waals surface area contributed by atoms with E-state index in [9.17, 15) is 18.8 Å². The molecule has 0 bridgehead atoms. The number of hydrogen-bond donors (Lipinski definition) is 2. The number of rotatable bonds is 7. The van der Waals surface area contributed by atoms with Crippen LogP contribution in [0.3, 0.4) is 0 Å². The van der Waals surface area contributed by atoms with Crippen LogP contribution in [0, 0.1) is 17.2 Å². The summed E-state index contributed by atoms with van der Waals surface area (Å²) < 4.78 is 32.3. The first kappa shape index (κ1) is 22.7. The Kier molecular flexibility index (Phi) is 6.84. The van der Waals surface area contributed by atoms with E-state index in [1.54, 1.807) is 11.2 Å². The summed E-state index contributed by atoms with van der Waals surface area (Å²) >= 11 is 0. The van der Waals surface area contributed by atoms with E-state index >= 15 is 0 Å². The topological polar surface area (TPSA) is 128 Å². The van der Waals surface area contributed by atoms with Crippen molar-refractivity contribution in [2.24, 2.45) is 5.92 Å². The van der Waals surface area contributed by atoms with Crippen molar-refractivity contribution < 1.29 is 18.3 Å². The van der Waals surface area contributed by atoms with E-state index in [0.717, 1.165) is 6.42 Å². The number of sulfonamides is 1. The molecule has 0 aromatic carbocycles. The van der Waals surface area contributed by atoms with Crippen molar-refractivity contribution in [3.63, 3.8) is 0 Å². The fraction of sp³-hybridized carbons (Fsp3) is 0.750. The molecule has 30 heavy (non-hydrogen) atoms. The highest BCUT2D eigenvalue weighted by Crippen LogP contribution is 2.33. The van der Waals surface area contributed by atoms with E-state index in [-0.39, 0.29) is 29.2 Å². The predicted octanol–water partition coefficient (Wildman–Crippen LogP) is 1.89. The van der Waals surface area contributed by atoms with E-state index < -0.39 is 21.7 Å². The first-order valence-corrected chi connectivity index (χ1v) is 12.1. The van der Waals surface area contributed by atoms with E-state index in [1.807, 2.05) is 19.9 Å². The molecule has 0 radical (unpaired) electrons. The fourth-order valence-corrected chi connectivity index (χ4v) is 5.85. The van der Waals surface area contributed by atoms with Gasteiger partial charge in [-0.2, -0.15) is 10.2 Å². The Balaban J connectivity index is 1.63. The van der Waals surface area contributed by atoms with E-state index in [1.165, 1.54) is 6.20 Å². The van der Waals surface area contributed by atoms with Crippen molar-refractivity contribution >= 4 is 16.0 Å². The second-order valence-corrected chi connectivity index (χ2v) is 10.9. The molecule has 1 saturated heterocycles. The average molecular weight is 438 g/mol.